The molecule has 10 heteroatoms. The number of aliphatic hydroxyl groups is 2. The van der Waals surface area contributed by atoms with E-state index in [1.165, 1.54) is 0 Å². The van der Waals surface area contributed by atoms with Gasteiger partial charge in [0, 0.05) is 11.1 Å². The third kappa shape index (κ3) is 5.55. The molecular formula is C18H24N2O8. The van der Waals surface area contributed by atoms with Crippen LogP contribution in [0.15, 0.2) is 24.3 Å². The Morgan fingerprint density at radius 3 is 1.43 bits per heavy atom. The number of hydrogen-bond acceptors (Lipinski definition) is 8. The Hall–Kier alpha value is -2.40. The molecule has 2 aliphatic rings. The molecule has 0 aromatic carbocycles. The monoisotopic (exact) mass is 396 g/mol. The van der Waals surface area contributed by atoms with Gasteiger partial charge < -0.3 is 19.7 Å². The maximum Gasteiger partial charge on any atom is 0.256 e. The number of likely N-dealkylation sites (tertiary alicyclic amines) is 2. The van der Waals surface area contributed by atoms with Crippen LogP contribution in [0.4, 0.5) is 0 Å². The molecule has 4 amide bonds. The molecule has 2 unspecified atom stereocenters. The lowest BCUT2D eigenvalue weighted by Gasteiger charge is -2.19. The van der Waals surface area contributed by atoms with Gasteiger partial charge in [-0.15, -0.1) is 0 Å². The van der Waals surface area contributed by atoms with Crippen LogP contribution >= 0.6 is 0 Å². The largest absolute Gasteiger partial charge is 0.389 e. The van der Waals surface area contributed by atoms with Gasteiger partial charge in [-0.05, 0) is 0 Å². The maximum atomic E-state index is 11.7. The molecule has 2 atom stereocenters. The quantitative estimate of drug-likeness (QED) is 0.242. The molecule has 28 heavy (non-hydrogen) atoms. The molecular weight excluding hydrogens is 372 g/mol. The summed E-state index contributed by atoms with van der Waals surface area (Å²) in [6.07, 6.45) is -2.15. The number of amides is 4. The van der Waals surface area contributed by atoms with E-state index in [2.05, 4.69) is 13.2 Å². The van der Waals surface area contributed by atoms with Gasteiger partial charge in [0.1, 0.15) is 0 Å². The van der Waals surface area contributed by atoms with Crippen LogP contribution in [0.3, 0.4) is 0 Å². The highest BCUT2D eigenvalue weighted by atomic mass is 16.5. The summed E-state index contributed by atoms with van der Waals surface area (Å²) in [6.45, 7) is 6.66. The summed E-state index contributed by atoms with van der Waals surface area (Å²) in [5.41, 5.74) is 0.401. The number of nitrogens with zero attached hydrogens (tertiary/aromatic N) is 2. The molecule has 0 aromatic rings. The highest BCUT2D eigenvalue weighted by molar-refractivity contribution is 6.13. The number of β-amino-alcohol motifs (C(OH)–C–C–N with tert-alkyl or cyclic N) is 2. The zero-order chi connectivity index (χ0) is 20.8. The van der Waals surface area contributed by atoms with E-state index in [4.69, 9.17) is 9.47 Å². The van der Waals surface area contributed by atoms with Crippen molar-refractivity contribution in [1.82, 2.24) is 9.80 Å². The van der Waals surface area contributed by atoms with Crippen LogP contribution in [0.5, 0.6) is 0 Å². The van der Waals surface area contributed by atoms with Gasteiger partial charge in [-0.25, -0.2) is 0 Å². The van der Waals surface area contributed by atoms with E-state index in [0.29, 0.717) is 0 Å². The van der Waals surface area contributed by atoms with E-state index >= 15 is 0 Å². The number of rotatable bonds is 11. The summed E-state index contributed by atoms with van der Waals surface area (Å²) in [6, 6.07) is 0. The van der Waals surface area contributed by atoms with Crippen molar-refractivity contribution in [2.24, 2.45) is 0 Å². The lowest BCUT2D eigenvalue weighted by molar-refractivity contribution is -0.141. The Bertz CT molecular complexity index is 631. The first-order chi connectivity index (χ1) is 13.2. The molecule has 2 fully saturated rings. The molecule has 0 saturated carbocycles. The lowest BCUT2D eigenvalue weighted by Crippen LogP contribution is -2.39. The van der Waals surface area contributed by atoms with E-state index in [0.717, 1.165) is 9.80 Å². The Kier molecular flexibility index (Phi) is 7.58. The minimum absolute atomic E-state index is 0.0364. The fraction of sp³-hybridized carbons (Fsp3) is 0.556. The zero-order valence-corrected chi connectivity index (χ0v) is 15.5. The summed E-state index contributed by atoms with van der Waals surface area (Å²) in [7, 11) is 0. The first-order valence-electron chi connectivity index (χ1n) is 8.77. The van der Waals surface area contributed by atoms with E-state index in [-0.39, 0.29) is 63.5 Å². The van der Waals surface area contributed by atoms with Crippen molar-refractivity contribution in [3.8, 4) is 0 Å². The SMILES string of the molecule is C=C1CC(=O)N(CC(O)COCCOCC(O)CN2C(=O)CC(=C)C2=O)C1=O. The van der Waals surface area contributed by atoms with Crippen LogP contribution in [-0.2, 0) is 28.7 Å². The first kappa shape index (κ1) is 21.9. The molecule has 2 N–H and O–H groups in total. The number of hydrogen-bond donors (Lipinski definition) is 2. The number of carbonyl (C=O) groups excluding carboxylic acids is 4. The third-order valence-corrected chi connectivity index (χ3v) is 4.21. The lowest BCUT2D eigenvalue weighted by atomic mass is 10.3. The van der Waals surface area contributed by atoms with Crippen molar-refractivity contribution >= 4 is 23.6 Å². The molecule has 2 rings (SSSR count). The van der Waals surface area contributed by atoms with Gasteiger partial charge in [0.15, 0.2) is 0 Å². The predicted molar refractivity (Wildman–Crippen MR) is 94.6 cm³/mol. The van der Waals surface area contributed by atoms with Crippen LogP contribution in [-0.4, -0.2) is 95.4 Å². The standard InChI is InChI=1S/C18H24N2O8/c1-11-5-15(23)19(17(11)25)7-13(21)9-27-3-4-28-10-14(22)8-20-16(24)6-12(2)18(20)26/h13-14,21-22H,1-10H2. The molecule has 0 radical (unpaired) electrons. The molecule has 0 spiro atoms. The van der Waals surface area contributed by atoms with Gasteiger partial charge in [-0.1, -0.05) is 13.2 Å². The smallest absolute Gasteiger partial charge is 0.256 e. The molecule has 10 nitrogen and oxygen atoms in total. The van der Waals surface area contributed by atoms with Gasteiger partial charge in [-0.2, -0.15) is 0 Å². The number of ether oxygens (including phenoxy) is 2. The topological polar surface area (TPSA) is 134 Å². The fourth-order valence-electron chi connectivity index (χ4n) is 2.77. The Labute approximate surface area is 162 Å². The fourth-order valence-corrected chi connectivity index (χ4v) is 2.77. The van der Waals surface area contributed by atoms with E-state index in [1.54, 1.807) is 0 Å². The van der Waals surface area contributed by atoms with E-state index < -0.39 is 35.8 Å². The summed E-state index contributed by atoms with van der Waals surface area (Å²) >= 11 is 0. The first-order valence-corrected chi connectivity index (χ1v) is 8.77. The van der Waals surface area contributed by atoms with E-state index in [1.807, 2.05) is 0 Å². The molecule has 0 bridgehead atoms. The van der Waals surface area contributed by atoms with Gasteiger partial charge in [-0.3, -0.25) is 29.0 Å². The molecule has 2 saturated heterocycles. The molecule has 154 valence electrons. The van der Waals surface area contributed by atoms with Crippen LogP contribution in [0, 0.1) is 0 Å². The maximum absolute atomic E-state index is 11.7. The van der Waals surface area contributed by atoms with Gasteiger partial charge in [0.2, 0.25) is 11.8 Å². The number of imide groups is 2. The second-order valence-corrected chi connectivity index (χ2v) is 6.64. The summed E-state index contributed by atoms with van der Waals surface area (Å²) in [5, 5.41) is 19.7. The summed E-state index contributed by atoms with van der Waals surface area (Å²) in [4.78, 5) is 48.4. The van der Waals surface area contributed by atoms with Gasteiger partial charge >= 0.3 is 0 Å². The van der Waals surface area contributed by atoms with Crippen molar-refractivity contribution in [2.75, 3.05) is 39.5 Å². The highest BCUT2D eigenvalue weighted by Gasteiger charge is 2.34. The van der Waals surface area contributed by atoms with Crippen LogP contribution in [0.25, 0.3) is 0 Å². The third-order valence-electron chi connectivity index (χ3n) is 4.21. The van der Waals surface area contributed by atoms with Crippen molar-refractivity contribution in [3.05, 3.63) is 24.3 Å². The van der Waals surface area contributed by atoms with Crippen molar-refractivity contribution in [2.45, 2.75) is 25.0 Å². The number of aliphatic hydroxyl groups excluding tert-OH is 2. The van der Waals surface area contributed by atoms with Crippen LogP contribution in [0.1, 0.15) is 12.8 Å². The minimum Gasteiger partial charge on any atom is -0.389 e. The van der Waals surface area contributed by atoms with E-state index in [9.17, 15) is 29.4 Å². The van der Waals surface area contributed by atoms with Crippen molar-refractivity contribution in [3.63, 3.8) is 0 Å². The predicted octanol–water partition coefficient (Wildman–Crippen LogP) is -1.63. The Morgan fingerprint density at radius 2 is 1.14 bits per heavy atom. The number of carbonyl (C=O) groups is 4. The van der Waals surface area contributed by atoms with Crippen molar-refractivity contribution < 1.29 is 38.9 Å². The molecule has 0 aliphatic carbocycles. The normalized spacial score (nSPS) is 19.9. The minimum atomic E-state index is -1.04. The summed E-state index contributed by atoms with van der Waals surface area (Å²) < 4.78 is 10.4. The van der Waals surface area contributed by atoms with Crippen LogP contribution < -0.4 is 0 Å². The van der Waals surface area contributed by atoms with Gasteiger partial charge in [0.05, 0.1) is 64.6 Å². The highest BCUT2D eigenvalue weighted by Crippen LogP contribution is 2.17. The second-order valence-electron chi connectivity index (χ2n) is 6.64. The van der Waals surface area contributed by atoms with Gasteiger partial charge in [0.25, 0.3) is 11.8 Å². The molecule has 0 aromatic heterocycles. The Balaban J connectivity index is 1.55. The zero-order valence-electron chi connectivity index (χ0n) is 15.5. The molecule has 2 heterocycles. The van der Waals surface area contributed by atoms with Crippen molar-refractivity contribution in [1.29, 1.82) is 0 Å². The Morgan fingerprint density at radius 1 is 0.786 bits per heavy atom. The second kappa shape index (κ2) is 9.69. The average molecular weight is 396 g/mol. The molecule has 2 aliphatic heterocycles. The van der Waals surface area contributed by atoms with Crippen LogP contribution in [0.2, 0.25) is 0 Å². The summed E-state index contributed by atoms with van der Waals surface area (Å²) in [5.74, 6) is -1.77. The average Bonchev–Trinajstić information content (AvgIpc) is 3.01.